The van der Waals surface area contributed by atoms with Gasteiger partial charge in [0.25, 0.3) is 0 Å². The molecule has 2 aliphatic heterocycles. The highest BCUT2D eigenvalue weighted by Crippen LogP contribution is 2.47. The van der Waals surface area contributed by atoms with E-state index < -0.39 is 5.97 Å². The molecule has 7 heteroatoms. The maximum atomic E-state index is 12.0. The number of hydrogen-bond donors (Lipinski definition) is 1. The first kappa shape index (κ1) is 27.9. The Morgan fingerprint density at radius 2 is 2.10 bits per heavy atom. The van der Waals surface area contributed by atoms with E-state index in [9.17, 15) is 9.90 Å². The zero-order valence-corrected chi connectivity index (χ0v) is 24.5. The highest BCUT2D eigenvalue weighted by Gasteiger charge is 2.46. The minimum Gasteiger partial charge on any atom is -0.490 e. The highest BCUT2D eigenvalue weighted by atomic mass is 35.5. The Balaban J connectivity index is 1.29. The fourth-order valence-corrected chi connectivity index (χ4v) is 7.75. The van der Waals surface area contributed by atoms with Crippen LogP contribution in [0.5, 0.6) is 5.75 Å². The van der Waals surface area contributed by atoms with Crippen molar-refractivity contribution in [2.24, 2.45) is 17.8 Å². The number of fused-ring (bicyclic) bond motifs is 3. The summed E-state index contributed by atoms with van der Waals surface area (Å²) in [6.45, 7) is 8.20. The number of benzene rings is 2. The second-order valence-corrected chi connectivity index (χ2v) is 13.0. The number of carboxylic acids is 1. The standard InChI is InChI=1S/C33H42ClNO5/c1-3-13-38-30-16-31(39-18-21(30)2)26-9-6-24(26)17-35-19-33(12-4-5-22-14-25(34)8-10-27(22)33)20-40-29-11-7-23(32(36)37)15-28(29)35/h7-8,10-11,14-15,21,24,26,30-31H,3-6,9,12-13,16-20H2,1-2H3,(H,36,37)/t21-,24-,26+,30+,31+,33-/m0/s1. The summed E-state index contributed by atoms with van der Waals surface area (Å²) < 4.78 is 19.2. The molecule has 6 nitrogen and oxygen atoms in total. The Kier molecular flexibility index (Phi) is 8.04. The Hall–Kier alpha value is -2.28. The molecule has 1 N–H and O–H groups in total. The molecular formula is C33H42ClNO5. The quantitative estimate of drug-likeness (QED) is 0.399. The van der Waals surface area contributed by atoms with Gasteiger partial charge in [-0.15, -0.1) is 0 Å². The first-order valence-corrected chi connectivity index (χ1v) is 15.5. The summed E-state index contributed by atoms with van der Waals surface area (Å²) in [6.07, 6.45) is 7.95. The molecular weight excluding hydrogens is 526 g/mol. The van der Waals surface area contributed by atoms with Crippen molar-refractivity contribution in [3.05, 3.63) is 58.1 Å². The van der Waals surface area contributed by atoms with Crippen molar-refractivity contribution in [2.75, 3.05) is 37.8 Å². The molecule has 0 unspecified atom stereocenters. The summed E-state index contributed by atoms with van der Waals surface area (Å²) in [7, 11) is 0. The molecule has 0 radical (unpaired) electrons. The zero-order chi connectivity index (χ0) is 27.9. The van der Waals surface area contributed by atoms with Crippen LogP contribution in [0.25, 0.3) is 0 Å². The van der Waals surface area contributed by atoms with Crippen LogP contribution in [0.4, 0.5) is 5.69 Å². The van der Waals surface area contributed by atoms with E-state index in [0.29, 0.717) is 29.9 Å². The van der Waals surface area contributed by atoms with E-state index in [1.165, 1.54) is 17.5 Å². The third-order valence-corrected chi connectivity index (χ3v) is 10.1. The summed E-state index contributed by atoms with van der Waals surface area (Å²) >= 11 is 6.40. The third kappa shape index (κ3) is 5.35. The summed E-state index contributed by atoms with van der Waals surface area (Å²) in [5, 5.41) is 10.6. The van der Waals surface area contributed by atoms with Crippen LogP contribution in [-0.4, -0.2) is 56.2 Å². The number of hydrogen-bond acceptors (Lipinski definition) is 5. The van der Waals surface area contributed by atoms with Gasteiger partial charge in [-0.2, -0.15) is 0 Å². The molecule has 40 heavy (non-hydrogen) atoms. The molecule has 6 atom stereocenters. The van der Waals surface area contributed by atoms with Gasteiger partial charge in [0.15, 0.2) is 0 Å². The van der Waals surface area contributed by atoms with Gasteiger partial charge in [0.2, 0.25) is 0 Å². The van der Waals surface area contributed by atoms with Gasteiger partial charge in [-0.1, -0.05) is 31.5 Å². The van der Waals surface area contributed by atoms with E-state index in [4.69, 9.17) is 25.8 Å². The number of carboxylic acid groups (broad SMARTS) is 1. The molecule has 2 fully saturated rings. The van der Waals surface area contributed by atoms with Gasteiger partial charge >= 0.3 is 5.97 Å². The van der Waals surface area contributed by atoms with Crippen LogP contribution >= 0.6 is 11.6 Å². The summed E-state index contributed by atoms with van der Waals surface area (Å²) in [4.78, 5) is 14.4. The molecule has 1 saturated heterocycles. The van der Waals surface area contributed by atoms with Crippen molar-refractivity contribution >= 4 is 23.3 Å². The minimum absolute atomic E-state index is 0.171. The molecule has 4 aliphatic rings. The van der Waals surface area contributed by atoms with Gasteiger partial charge in [-0.05, 0) is 91.8 Å². The van der Waals surface area contributed by atoms with Gasteiger partial charge in [0, 0.05) is 42.5 Å². The van der Waals surface area contributed by atoms with Crippen LogP contribution in [0.1, 0.15) is 73.9 Å². The minimum atomic E-state index is -0.913. The highest BCUT2D eigenvalue weighted by molar-refractivity contribution is 6.30. The Bertz CT molecular complexity index is 1240. The smallest absolute Gasteiger partial charge is 0.335 e. The van der Waals surface area contributed by atoms with Gasteiger partial charge in [-0.3, -0.25) is 0 Å². The van der Waals surface area contributed by atoms with Crippen molar-refractivity contribution in [3.63, 3.8) is 0 Å². The second kappa shape index (κ2) is 11.5. The molecule has 6 rings (SSSR count). The van der Waals surface area contributed by atoms with Crippen LogP contribution in [0.3, 0.4) is 0 Å². The summed E-state index contributed by atoms with van der Waals surface area (Å²) in [5.74, 6) is 1.25. The van der Waals surface area contributed by atoms with E-state index in [1.54, 1.807) is 6.07 Å². The lowest BCUT2D eigenvalue weighted by Gasteiger charge is -2.48. The molecule has 0 amide bonds. The number of nitrogens with zero attached hydrogens (tertiary/aromatic N) is 1. The largest absolute Gasteiger partial charge is 0.490 e. The molecule has 0 aromatic heterocycles. The van der Waals surface area contributed by atoms with Crippen molar-refractivity contribution < 1.29 is 24.1 Å². The van der Waals surface area contributed by atoms with E-state index >= 15 is 0 Å². The number of anilines is 1. The number of ether oxygens (including phenoxy) is 3. The fraction of sp³-hybridized carbons (Fsp3) is 0.606. The summed E-state index contributed by atoms with van der Waals surface area (Å²) in [5.41, 5.74) is 3.65. The number of aryl methyl sites for hydroxylation is 1. The van der Waals surface area contributed by atoms with E-state index in [0.717, 1.165) is 81.3 Å². The van der Waals surface area contributed by atoms with Crippen LogP contribution in [0, 0.1) is 17.8 Å². The molecule has 2 aliphatic carbocycles. The van der Waals surface area contributed by atoms with Crippen LogP contribution in [0.2, 0.25) is 5.02 Å². The molecule has 1 saturated carbocycles. The fourth-order valence-electron chi connectivity index (χ4n) is 7.55. The number of aromatic carboxylic acids is 1. The van der Waals surface area contributed by atoms with Gasteiger partial charge in [0.05, 0.1) is 36.7 Å². The van der Waals surface area contributed by atoms with Crippen molar-refractivity contribution in [3.8, 4) is 5.75 Å². The molecule has 2 aromatic rings. The van der Waals surface area contributed by atoms with Gasteiger partial charge in [0.1, 0.15) is 5.75 Å². The zero-order valence-electron chi connectivity index (χ0n) is 23.7. The SMILES string of the molecule is CCCO[C@@H]1C[C@H]([C@@H]2CC[C@H]2CN2C[C@@]3(CCCc4cc(Cl)ccc43)COc3ccc(C(=O)O)cc32)OC[C@@H]1C. The molecule has 1 spiro atoms. The summed E-state index contributed by atoms with van der Waals surface area (Å²) in [6, 6.07) is 11.6. The average molecular weight is 568 g/mol. The molecule has 216 valence electrons. The van der Waals surface area contributed by atoms with E-state index in [2.05, 4.69) is 30.9 Å². The Morgan fingerprint density at radius 3 is 2.88 bits per heavy atom. The van der Waals surface area contributed by atoms with Gasteiger partial charge in [-0.25, -0.2) is 4.79 Å². The van der Waals surface area contributed by atoms with Crippen molar-refractivity contribution in [2.45, 2.75) is 76.4 Å². The van der Waals surface area contributed by atoms with Crippen molar-refractivity contribution in [1.29, 1.82) is 0 Å². The normalized spacial score (nSPS) is 31.5. The van der Waals surface area contributed by atoms with Crippen LogP contribution in [0.15, 0.2) is 36.4 Å². The number of rotatable bonds is 7. The third-order valence-electron chi connectivity index (χ3n) is 9.90. The first-order valence-electron chi connectivity index (χ1n) is 15.1. The Morgan fingerprint density at radius 1 is 1.23 bits per heavy atom. The first-order chi connectivity index (χ1) is 19.4. The average Bonchev–Trinajstić information content (AvgIpc) is 3.08. The monoisotopic (exact) mass is 567 g/mol. The van der Waals surface area contributed by atoms with E-state index in [-0.39, 0.29) is 17.6 Å². The lowest BCUT2D eigenvalue weighted by molar-refractivity contribution is -0.141. The maximum absolute atomic E-state index is 12.0. The van der Waals surface area contributed by atoms with Crippen molar-refractivity contribution in [1.82, 2.24) is 0 Å². The number of carbonyl (C=O) groups is 1. The lowest BCUT2D eigenvalue weighted by Crippen LogP contribution is -2.51. The van der Waals surface area contributed by atoms with Gasteiger partial charge < -0.3 is 24.2 Å². The van der Waals surface area contributed by atoms with Crippen LogP contribution < -0.4 is 9.64 Å². The predicted molar refractivity (Wildman–Crippen MR) is 157 cm³/mol. The predicted octanol–water partition coefficient (Wildman–Crippen LogP) is 6.76. The molecule has 2 heterocycles. The van der Waals surface area contributed by atoms with E-state index in [1.807, 2.05) is 18.2 Å². The Labute approximate surface area is 242 Å². The molecule has 0 bridgehead atoms. The number of halogens is 1. The topological polar surface area (TPSA) is 68.2 Å². The van der Waals surface area contributed by atoms with Crippen LogP contribution in [-0.2, 0) is 21.3 Å². The lowest BCUT2D eigenvalue weighted by atomic mass is 9.67. The second-order valence-electron chi connectivity index (χ2n) is 12.6. The molecule has 2 aromatic carbocycles. The maximum Gasteiger partial charge on any atom is 0.335 e.